The molecule has 2 rings (SSSR count). The summed E-state index contributed by atoms with van der Waals surface area (Å²) in [7, 11) is 1.88. The molecule has 14 heavy (non-hydrogen) atoms. The lowest BCUT2D eigenvalue weighted by atomic mass is 9.86. The minimum Gasteiger partial charge on any atom is -0.364 e. The number of carbonyl (C=O) groups excluding carboxylic acids is 1. The minimum atomic E-state index is -0.407. The summed E-state index contributed by atoms with van der Waals surface area (Å²) < 4.78 is 1.80. The Morgan fingerprint density at radius 3 is 3.00 bits per heavy atom. The summed E-state index contributed by atoms with van der Waals surface area (Å²) in [4.78, 5) is 11.2. The Balaban J connectivity index is 2.59. The quantitative estimate of drug-likeness (QED) is 0.722. The van der Waals surface area contributed by atoms with Crippen LogP contribution in [0.5, 0.6) is 0 Å². The fourth-order valence-corrected chi connectivity index (χ4v) is 2.29. The molecule has 76 valence electrons. The average molecular weight is 193 g/mol. The standard InChI is InChI=1S/C10H15N3O/c1-6-4-3-5-7-8(6)9(10(11)14)12-13(7)2/h6H,3-5H2,1-2H3,(H2,11,14). The molecule has 0 fully saturated rings. The van der Waals surface area contributed by atoms with Crippen molar-refractivity contribution in [2.24, 2.45) is 12.8 Å². The van der Waals surface area contributed by atoms with Crippen LogP contribution in [0.4, 0.5) is 0 Å². The molecule has 1 heterocycles. The number of nitrogens with zero attached hydrogens (tertiary/aromatic N) is 2. The first-order valence-electron chi connectivity index (χ1n) is 4.97. The lowest BCUT2D eigenvalue weighted by Crippen LogP contribution is -2.16. The first-order chi connectivity index (χ1) is 6.61. The van der Waals surface area contributed by atoms with E-state index in [0.29, 0.717) is 11.6 Å². The smallest absolute Gasteiger partial charge is 0.269 e. The second-order valence-corrected chi connectivity index (χ2v) is 3.99. The van der Waals surface area contributed by atoms with Crippen molar-refractivity contribution in [1.82, 2.24) is 9.78 Å². The van der Waals surface area contributed by atoms with Crippen molar-refractivity contribution in [1.29, 1.82) is 0 Å². The highest BCUT2D eigenvalue weighted by atomic mass is 16.1. The van der Waals surface area contributed by atoms with Gasteiger partial charge in [0.05, 0.1) is 0 Å². The molecule has 1 aromatic heterocycles. The van der Waals surface area contributed by atoms with E-state index in [9.17, 15) is 4.79 Å². The van der Waals surface area contributed by atoms with E-state index in [0.717, 1.165) is 18.4 Å². The van der Waals surface area contributed by atoms with Crippen molar-refractivity contribution in [3.8, 4) is 0 Å². The van der Waals surface area contributed by atoms with E-state index in [1.165, 1.54) is 12.1 Å². The first kappa shape index (κ1) is 9.24. The van der Waals surface area contributed by atoms with E-state index in [1.54, 1.807) is 4.68 Å². The van der Waals surface area contributed by atoms with Crippen molar-refractivity contribution in [2.75, 3.05) is 0 Å². The van der Waals surface area contributed by atoms with Crippen molar-refractivity contribution < 1.29 is 4.79 Å². The molecule has 4 nitrogen and oxygen atoms in total. The van der Waals surface area contributed by atoms with Crippen LogP contribution >= 0.6 is 0 Å². The fraction of sp³-hybridized carbons (Fsp3) is 0.600. The zero-order valence-electron chi connectivity index (χ0n) is 8.58. The third kappa shape index (κ3) is 1.22. The summed E-state index contributed by atoms with van der Waals surface area (Å²) >= 11 is 0. The van der Waals surface area contributed by atoms with Gasteiger partial charge in [0, 0.05) is 18.3 Å². The number of carbonyl (C=O) groups is 1. The molecule has 0 aromatic carbocycles. The summed E-state index contributed by atoms with van der Waals surface area (Å²) in [5.74, 6) is 0.00514. The topological polar surface area (TPSA) is 60.9 Å². The number of aromatic nitrogens is 2. The molecule has 0 bridgehead atoms. The molecule has 4 heteroatoms. The molecule has 1 aromatic rings. The van der Waals surface area contributed by atoms with Gasteiger partial charge in [-0.15, -0.1) is 0 Å². The Morgan fingerprint density at radius 2 is 2.36 bits per heavy atom. The molecule has 0 aliphatic heterocycles. The highest BCUT2D eigenvalue weighted by Gasteiger charge is 2.26. The summed E-state index contributed by atoms with van der Waals surface area (Å²) in [6.45, 7) is 2.13. The number of hydrogen-bond acceptors (Lipinski definition) is 2. The van der Waals surface area contributed by atoms with Crippen LogP contribution in [0.3, 0.4) is 0 Å². The molecule has 0 saturated carbocycles. The van der Waals surface area contributed by atoms with Gasteiger partial charge in [-0.1, -0.05) is 6.92 Å². The van der Waals surface area contributed by atoms with Crippen molar-refractivity contribution in [3.05, 3.63) is 17.0 Å². The molecular formula is C10H15N3O. The average Bonchev–Trinajstić information content (AvgIpc) is 2.46. The SMILES string of the molecule is CC1CCCc2c1c(C(N)=O)nn2C. The summed E-state index contributed by atoms with van der Waals surface area (Å²) in [5.41, 5.74) is 8.02. The van der Waals surface area contributed by atoms with Crippen LogP contribution in [0.15, 0.2) is 0 Å². The van der Waals surface area contributed by atoms with E-state index in [2.05, 4.69) is 12.0 Å². The second kappa shape index (κ2) is 3.12. The molecule has 1 aliphatic carbocycles. The Bertz CT molecular complexity index is 381. The third-order valence-electron chi connectivity index (χ3n) is 2.98. The Hall–Kier alpha value is -1.32. The summed E-state index contributed by atoms with van der Waals surface area (Å²) in [5, 5.41) is 4.18. The normalized spacial score (nSPS) is 20.6. The molecule has 0 radical (unpaired) electrons. The number of amides is 1. The van der Waals surface area contributed by atoms with Gasteiger partial charge < -0.3 is 5.73 Å². The lowest BCUT2D eigenvalue weighted by Gasteiger charge is -2.19. The highest BCUT2D eigenvalue weighted by Crippen LogP contribution is 2.33. The van der Waals surface area contributed by atoms with E-state index < -0.39 is 5.91 Å². The maximum absolute atomic E-state index is 11.2. The van der Waals surface area contributed by atoms with Gasteiger partial charge in [0.1, 0.15) is 0 Å². The number of rotatable bonds is 1. The van der Waals surface area contributed by atoms with Crippen LogP contribution in [0, 0.1) is 0 Å². The van der Waals surface area contributed by atoms with Crippen LogP contribution in [0.2, 0.25) is 0 Å². The number of hydrogen-bond donors (Lipinski definition) is 1. The van der Waals surface area contributed by atoms with E-state index >= 15 is 0 Å². The van der Waals surface area contributed by atoms with Gasteiger partial charge in [0.2, 0.25) is 0 Å². The van der Waals surface area contributed by atoms with Gasteiger partial charge in [-0.3, -0.25) is 9.48 Å². The largest absolute Gasteiger partial charge is 0.364 e. The Labute approximate surface area is 83.1 Å². The lowest BCUT2D eigenvalue weighted by molar-refractivity contribution is 0.0993. The van der Waals surface area contributed by atoms with Crippen LogP contribution in [0.1, 0.15) is 47.4 Å². The van der Waals surface area contributed by atoms with Gasteiger partial charge in [-0.25, -0.2) is 0 Å². The summed E-state index contributed by atoms with van der Waals surface area (Å²) in [6.07, 6.45) is 3.31. The van der Waals surface area contributed by atoms with E-state index in [4.69, 9.17) is 5.73 Å². The highest BCUT2D eigenvalue weighted by molar-refractivity contribution is 5.92. The first-order valence-corrected chi connectivity index (χ1v) is 4.97. The maximum Gasteiger partial charge on any atom is 0.269 e. The predicted octanol–water partition coefficient (Wildman–Crippen LogP) is 0.959. The van der Waals surface area contributed by atoms with Crippen LogP contribution in [-0.4, -0.2) is 15.7 Å². The summed E-state index contributed by atoms with van der Waals surface area (Å²) in [6, 6.07) is 0. The van der Waals surface area contributed by atoms with Crippen LogP contribution in [-0.2, 0) is 13.5 Å². The fourth-order valence-electron chi connectivity index (χ4n) is 2.29. The molecule has 1 unspecified atom stereocenters. The zero-order valence-corrected chi connectivity index (χ0v) is 8.58. The Kier molecular flexibility index (Phi) is 2.06. The maximum atomic E-state index is 11.2. The van der Waals surface area contributed by atoms with Crippen molar-refractivity contribution in [3.63, 3.8) is 0 Å². The zero-order chi connectivity index (χ0) is 10.3. The van der Waals surface area contributed by atoms with Gasteiger partial charge in [-0.2, -0.15) is 5.10 Å². The third-order valence-corrected chi connectivity index (χ3v) is 2.98. The Morgan fingerprint density at radius 1 is 1.64 bits per heavy atom. The number of aryl methyl sites for hydroxylation is 1. The molecule has 1 amide bonds. The molecular weight excluding hydrogens is 178 g/mol. The van der Waals surface area contributed by atoms with Crippen LogP contribution < -0.4 is 5.73 Å². The molecule has 1 atom stereocenters. The van der Waals surface area contributed by atoms with E-state index in [1.807, 2.05) is 7.05 Å². The molecule has 0 spiro atoms. The molecule has 2 N–H and O–H groups in total. The van der Waals surface area contributed by atoms with Crippen LogP contribution in [0.25, 0.3) is 0 Å². The van der Waals surface area contributed by atoms with E-state index in [-0.39, 0.29) is 0 Å². The van der Waals surface area contributed by atoms with Gasteiger partial charge in [0.15, 0.2) is 5.69 Å². The van der Waals surface area contributed by atoms with Gasteiger partial charge in [-0.05, 0) is 25.2 Å². The van der Waals surface area contributed by atoms with Crippen molar-refractivity contribution in [2.45, 2.75) is 32.1 Å². The molecule has 0 saturated heterocycles. The predicted molar refractivity (Wildman–Crippen MR) is 53.1 cm³/mol. The molecule has 1 aliphatic rings. The number of nitrogens with two attached hydrogens (primary N) is 1. The van der Waals surface area contributed by atoms with Gasteiger partial charge >= 0.3 is 0 Å². The number of fused-ring (bicyclic) bond motifs is 1. The monoisotopic (exact) mass is 193 g/mol. The minimum absolute atomic E-state index is 0.407. The van der Waals surface area contributed by atoms with Crippen molar-refractivity contribution >= 4 is 5.91 Å². The second-order valence-electron chi connectivity index (χ2n) is 3.99. The van der Waals surface area contributed by atoms with Gasteiger partial charge in [0.25, 0.3) is 5.91 Å². The number of primary amides is 1.